The Hall–Kier alpha value is -2.41. The van der Waals surface area contributed by atoms with Crippen molar-refractivity contribution in [2.45, 2.75) is 6.16 Å². The summed E-state index contributed by atoms with van der Waals surface area (Å²) in [6.45, 7) is 0. The van der Waals surface area contributed by atoms with Gasteiger partial charge >= 0.3 is 165 Å². The second-order valence-corrected chi connectivity index (χ2v) is 13.3. The monoisotopic (exact) mass is 392 g/mol. The maximum absolute atomic E-state index is 8.01. The molecule has 27 heavy (non-hydrogen) atoms. The number of rotatable bonds is 5. The fraction of sp³-hybridized carbons (Fsp3) is 0.0870. The van der Waals surface area contributed by atoms with E-state index < -0.39 is 5.96 Å². The molecule has 136 valence electrons. The fourth-order valence-corrected chi connectivity index (χ4v) is 9.75. The van der Waals surface area contributed by atoms with Crippen molar-refractivity contribution in [3.8, 4) is 0 Å². The van der Waals surface area contributed by atoms with Gasteiger partial charge in [-0.05, 0) is 0 Å². The molecule has 0 bridgehead atoms. The quantitative estimate of drug-likeness (QED) is 0.454. The number of nitrogens with zero attached hydrogens (tertiary/aromatic N) is 2. The molecule has 0 atom stereocenters. The van der Waals surface area contributed by atoms with Gasteiger partial charge in [-0.15, -0.1) is 0 Å². The summed E-state index contributed by atoms with van der Waals surface area (Å²) in [6, 6.07) is 31.5. The Morgan fingerprint density at radius 2 is 1.15 bits per heavy atom. The molecule has 0 saturated carbocycles. The molecule has 0 unspecified atom stereocenters. The van der Waals surface area contributed by atoms with Crippen LogP contribution in [0.2, 0.25) is 0 Å². The minimum atomic E-state index is -3.29. The second-order valence-electron chi connectivity index (χ2n) is 6.80. The molecule has 0 aliphatic heterocycles. The van der Waals surface area contributed by atoms with Gasteiger partial charge in [-0.3, -0.25) is 0 Å². The van der Waals surface area contributed by atoms with Gasteiger partial charge in [-0.25, -0.2) is 0 Å². The number of imidazole rings is 1. The minimum absolute atomic E-state index is 0.661. The van der Waals surface area contributed by atoms with Crippen LogP contribution in [0.3, 0.4) is 0 Å². The van der Waals surface area contributed by atoms with E-state index in [0.29, 0.717) is 6.16 Å². The summed E-state index contributed by atoms with van der Waals surface area (Å²) in [5.41, 5.74) is 0. The maximum atomic E-state index is 8.01. The molecule has 4 rings (SSSR count). The first-order valence-corrected chi connectivity index (χ1v) is 12.3. The first-order valence-electron chi connectivity index (χ1n) is 8.99. The molecule has 0 fully saturated rings. The Bertz CT molecular complexity index is 930. The van der Waals surface area contributed by atoms with Gasteiger partial charge in [0.15, 0.2) is 0 Å². The van der Waals surface area contributed by atoms with Gasteiger partial charge in [0, 0.05) is 0 Å². The first kappa shape index (κ1) is 18.0. The van der Waals surface area contributed by atoms with Crippen LogP contribution >= 0.6 is 17.2 Å². The Labute approximate surface area is 165 Å². The topological polar surface area (TPSA) is 17.8 Å². The molecule has 0 aliphatic rings. The molecule has 0 amide bonds. The number of aromatic nitrogens is 2. The first-order chi connectivity index (χ1) is 13.1. The number of aryl methyl sites for hydroxylation is 1. The van der Waals surface area contributed by atoms with Gasteiger partial charge in [0.25, 0.3) is 0 Å². The Kier molecular flexibility index (Phi) is 4.63. The van der Waals surface area contributed by atoms with Crippen molar-refractivity contribution in [2.24, 2.45) is 7.05 Å². The van der Waals surface area contributed by atoms with Crippen LogP contribution in [0, 0.1) is 0 Å². The van der Waals surface area contributed by atoms with Crippen LogP contribution in [-0.4, -0.2) is 9.55 Å². The van der Waals surface area contributed by atoms with Crippen LogP contribution in [0.5, 0.6) is 0 Å². The van der Waals surface area contributed by atoms with Crippen molar-refractivity contribution >= 4 is 33.1 Å². The van der Waals surface area contributed by atoms with E-state index >= 15 is 0 Å². The van der Waals surface area contributed by atoms with Crippen LogP contribution in [0.25, 0.3) is 0 Å². The fourth-order valence-electron chi connectivity index (χ4n) is 3.75. The summed E-state index contributed by atoms with van der Waals surface area (Å²) in [5.74, 6) is -2.30. The van der Waals surface area contributed by atoms with Crippen LogP contribution in [-0.2, 0) is 13.2 Å². The molecule has 0 N–H and O–H groups in total. The number of hydrogen-bond acceptors (Lipinski definition) is 1. The van der Waals surface area contributed by atoms with Gasteiger partial charge in [0.05, 0.1) is 0 Å². The summed E-state index contributed by atoms with van der Waals surface area (Å²) < 4.78 is 2.07. The number of hydrogen-bond donors (Lipinski definition) is 0. The van der Waals surface area contributed by atoms with E-state index in [1.807, 2.05) is 37.6 Å². The summed E-state index contributed by atoms with van der Waals surface area (Å²) in [7, 11) is 2.03. The Morgan fingerprint density at radius 1 is 0.741 bits per heavy atom. The molecular weight excluding hydrogens is 371 g/mol. The molecule has 0 spiro atoms. The molecule has 0 radical (unpaired) electrons. The van der Waals surface area contributed by atoms with E-state index in [-0.39, 0.29) is 0 Å². The van der Waals surface area contributed by atoms with Gasteiger partial charge in [-0.2, -0.15) is 0 Å². The zero-order valence-corrected chi connectivity index (χ0v) is 16.9. The van der Waals surface area contributed by atoms with Crippen molar-refractivity contribution in [1.29, 1.82) is 0 Å². The van der Waals surface area contributed by atoms with Crippen LogP contribution < -0.4 is 15.9 Å². The van der Waals surface area contributed by atoms with E-state index in [4.69, 9.17) is 11.2 Å². The zero-order valence-electron chi connectivity index (χ0n) is 15.2. The van der Waals surface area contributed by atoms with Crippen LogP contribution in [0.4, 0.5) is 0 Å². The molecular formula is C23H22ClN2P. The normalized spacial score (nSPS) is 13.0. The van der Waals surface area contributed by atoms with E-state index in [1.165, 1.54) is 0 Å². The molecule has 4 aromatic rings. The molecule has 0 aliphatic carbocycles. The molecule has 1 heterocycles. The molecule has 0 saturated heterocycles. The third-order valence-corrected chi connectivity index (χ3v) is 12.4. The average molecular weight is 393 g/mol. The zero-order chi connectivity index (χ0) is 18.8. The summed E-state index contributed by atoms with van der Waals surface area (Å²) in [6.07, 6.45) is 4.48. The van der Waals surface area contributed by atoms with E-state index in [1.54, 1.807) is 0 Å². The van der Waals surface area contributed by atoms with E-state index in [0.717, 1.165) is 21.7 Å². The van der Waals surface area contributed by atoms with Crippen molar-refractivity contribution in [3.63, 3.8) is 0 Å². The summed E-state index contributed by atoms with van der Waals surface area (Å²) in [5, 5.41) is 3.47. The number of halogens is 1. The Balaban J connectivity index is 2.11. The third-order valence-electron chi connectivity index (χ3n) is 5.24. The van der Waals surface area contributed by atoms with Crippen molar-refractivity contribution < 1.29 is 0 Å². The molecule has 4 heteroatoms. The van der Waals surface area contributed by atoms with Crippen LogP contribution in [0.15, 0.2) is 103 Å². The van der Waals surface area contributed by atoms with Gasteiger partial charge in [0.2, 0.25) is 0 Å². The third kappa shape index (κ3) is 2.90. The van der Waals surface area contributed by atoms with Gasteiger partial charge in [0.1, 0.15) is 0 Å². The molecule has 3 aromatic carbocycles. The van der Waals surface area contributed by atoms with Gasteiger partial charge < -0.3 is 0 Å². The summed E-state index contributed by atoms with van der Waals surface area (Å²) >= 11 is 8.01. The van der Waals surface area contributed by atoms with Crippen molar-refractivity contribution in [1.82, 2.24) is 9.55 Å². The van der Waals surface area contributed by atoms with Crippen molar-refractivity contribution in [3.05, 3.63) is 109 Å². The van der Waals surface area contributed by atoms with E-state index in [2.05, 4.69) is 82.3 Å². The molecule has 1 aromatic heterocycles. The van der Waals surface area contributed by atoms with Gasteiger partial charge in [-0.1, -0.05) is 0 Å². The molecule has 2 nitrogen and oxygen atoms in total. The SMILES string of the molecule is Cn1ccnc1CP(Cl)(c1ccccc1)(c1ccccc1)c1ccccc1. The number of benzene rings is 3. The second kappa shape index (κ2) is 6.96. The Morgan fingerprint density at radius 3 is 1.48 bits per heavy atom. The average Bonchev–Trinajstić information content (AvgIpc) is 3.14. The predicted molar refractivity (Wildman–Crippen MR) is 118 cm³/mol. The van der Waals surface area contributed by atoms with E-state index in [9.17, 15) is 0 Å². The van der Waals surface area contributed by atoms with Crippen molar-refractivity contribution in [2.75, 3.05) is 0 Å². The van der Waals surface area contributed by atoms with Crippen LogP contribution in [0.1, 0.15) is 5.82 Å². The summed E-state index contributed by atoms with van der Waals surface area (Å²) in [4.78, 5) is 4.63. The standard InChI is InChI=1S/C23H22ClN2P/c1-26-18-17-25-23(26)19-27(24,20-11-5-2-6-12-20,21-13-7-3-8-14-21)22-15-9-4-10-16-22/h2-18H,19H2,1H3. The predicted octanol–water partition coefficient (Wildman–Crippen LogP) is 4.60.